The standard InChI is InChI=1S/C16H19NO2/c1-11-5-3-4-6-14(11)12(2)17-10-13-7-8-15(18)16(19)9-13/h3-9,12,17-19H,10H2,1-2H3/t12-/m0/s1. The van der Waals surface area contributed by atoms with Crippen LogP contribution in [-0.4, -0.2) is 10.2 Å². The van der Waals surface area contributed by atoms with Crippen LogP contribution >= 0.6 is 0 Å². The van der Waals surface area contributed by atoms with Crippen molar-refractivity contribution in [2.75, 3.05) is 0 Å². The predicted octanol–water partition coefficient (Wildman–Crippen LogP) is 3.26. The zero-order chi connectivity index (χ0) is 13.8. The molecule has 100 valence electrons. The maximum Gasteiger partial charge on any atom is 0.157 e. The van der Waals surface area contributed by atoms with Crippen LogP contribution in [0.3, 0.4) is 0 Å². The summed E-state index contributed by atoms with van der Waals surface area (Å²) in [5.74, 6) is -0.168. The van der Waals surface area contributed by atoms with Crippen LogP contribution in [-0.2, 0) is 6.54 Å². The van der Waals surface area contributed by atoms with E-state index < -0.39 is 0 Å². The van der Waals surface area contributed by atoms with Crippen LogP contribution in [0.4, 0.5) is 0 Å². The van der Waals surface area contributed by atoms with Crippen molar-refractivity contribution in [3.63, 3.8) is 0 Å². The highest BCUT2D eigenvalue weighted by Crippen LogP contribution is 2.25. The summed E-state index contributed by atoms with van der Waals surface area (Å²) in [4.78, 5) is 0. The molecule has 0 aliphatic heterocycles. The number of phenols is 2. The van der Waals surface area contributed by atoms with Crippen LogP contribution < -0.4 is 5.32 Å². The molecule has 3 heteroatoms. The zero-order valence-electron chi connectivity index (χ0n) is 11.2. The van der Waals surface area contributed by atoms with Crippen molar-refractivity contribution in [1.29, 1.82) is 0 Å². The number of phenolic OH excluding ortho intramolecular Hbond substituents is 2. The number of hydrogen-bond donors (Lipinski definition) is 3. The van der Waals surface area contributed by atoms with Crippen LogP contribution in [0, 0.1) is 6.92 Å². The zero-order valence-corrected chi connectivity index (χ0v) is 11.2. The van der Waals surface area contributed by atoms with Crippen molar-refractivity contribution in [2.24, 2.45) is 0 Å². The first kappa shape index (κ1) is 13.4. The molecule has 0 aromatic heterocycles. The first-order valence-electron chi connectivity index (χ1n) is 6.37. The van der Waals surface area contributed by atoms with Gasteiger partial charge in [-0.25, -0.2) is 0 Å². The summed E-state index contributed by atoms with van der Waals surface area (Å²) >= 11 is 0. The van der Waals surface area contributed by atoms with E-state index in [9.17, 15) is 10.2 Å². The molecule has 0 fully saturated rings. The van der Waals surface area contributed by atoms with Gasteiger partial charge in [0.2, 0.25) is 0 Å². The van der Waals surface area contributed by atoms with Crippen molar-refractivity contribution in [2.45, 2.75) is 26.4 Å². The Morgan fingerprint density at radius 3 is 2.47 bits per heavy atom. The molecule has 19 heavy (non-hydrogen) atoms. The SMILES string of the molecule is Cc1ccccc1[C@H](C)NCc1ccc(O)c(O)c1. The molecule has 0 spiro atoms. The van der Waals surface area contributed by atoms with E-state index in [1.54, 1.807) is 12.1 Å². The number of hydrogen-bond acceptors (Lipinski definition) is 3. The van der Waals surface area contributed by atoms with Gasteiger partial charge in [0.25, 0.3) is 0 Å². The molecule has 0 radical (unpaired) electrons. The average molecular weight is 257 g/mol. The highest BCUT2D eigenvalue weighted by Gasteiger charge is 2.07. The minimum absolute atomic E-state index is 0.0807. The lowest BCUT2D eigenvalue weighted by Crippen LogP contribution is -2.18. The Balaban J connectivity index is 2.02. The van der Waals surface area contributed by atoms with Gasteiger partial charge in [0, 0.05) is 12.6 Å². The van der Waals surface area contributed by atoms with Gasteiger partial charge in [-0.15, -0.1) is 0 Å². The summed E-state index contributed by atoms with van der Waals surface area (Å²) < 4.78 is 0. The third kappa shape index (κ3) is 3.26. The largest absolute Gasteiger partial charge is 0.504 e. The average Bonchev–Trinajstić information content (AvgIpc) is 2.40. The molecule has 2 aromatic carbocycles. The first-order valence-corrected chi connectivity index (χ1v) is 6.37. The molecular formula is C16H19NO2. The molecule has 0 heterocycles. The van der Waals surface area contributed by atoms with Crippen LogP contribution in [0.5, 0.6) is 11.5 Å². The molecule has 3 N–H and O–H groups in total. The van der Waals surface area contributed by atoms with E-state index in [1.165, 1.54) is 17.2 Å². The topological polar surface area (TPSA) is 52.5 Å². The molecule has 0 amide bonds. The highest BCUT2D eigenvalue weighted by atomic mass is 16.3. The quantitative estimate of drug-likeness (QED) is 0.737. The number of rotatable bonds is 4. The van der Waals surface area contributed by atoms with E-state index in [0.29, 0.717) is 6.54 Å². The third-order valence-corrected chi connectivity index (χ3v) is 3.31. The number of aromatic hydroxyl groups is 2. The summed E-state index contributed by atoms with van der Waals surface area (Å²) in [5, 5.41) is 22.1. The van der Waals surface area contributed by atoms with Gasteiger partial charge in [-0.1, -0.05) is 30.3 Å². The van der Waals surface area contributed by atoms with E-state index in [-0.39, 0.29) is 17.5 Å². The Morgan fingerprint density at radius 2 is 1.79 bits per heavy atom. The Labute approximate surface area is 113 Å². The van der Waals surface area contributed by atoms with E-state index >= 15 is 0 Å². The smallest absolute Gasteiger partial charge is 0.157 e. The second-order valence-electron chi connectivity index (χ2n) is 4.78. The minimum Gasteiger partial charge on any atom is -0.504 e. The molecule has 0 saturated carbocycles. The summed E-state index contributed by atoms with van der Waals surface area (Å²) in [6.45, 7) is 4.85. The molecule has 2 aromatic rings. The monoisotopic (exact) mass is 257 g/mol. The number of aryl methyl sites for hydroxylation is 1. The highest BCUT2D eigenvalue weighted by molar-refractivity contribution is 5.40. The Hall–Kier alpha value is -2.00. The van der Waals surface area contributed by atoms with E-state index in [0.717, 1.165) is 5.56 Å². The van der Waals surface area contributed by atoms with Gasteiger partial charge in [0.1, 0.15) is 0 Å². The second-order valence-corrected chi connectivity index (χ2v) is 4.78. The van der Waals surface area contributed by atoms with Gasteiger partial charge in [-0.05, 0) is 42.7 Å². The summed E-state index contributed by atoms with van der Waals surface area (Å²) in [7, 11) is 0. The van der Waals surface area contributed by atoms with Crippen molar-refractivity contribution in [3.8, 4) is 11.5 Å². The van der Waals surface area contributed by atoms with Crippen LogP contribution in [0.25, 0.3) is 0 Å². The van der Waals surface area contributed by atoms with E-state index in [2.05, 4.69) is 31.3 Å². The maximum absolute atomic E-state index is 9.45. The fraction of sp³-hybridized carbons (Fsp3) is 0.250. The van der Waals surface area contributed by atoms with Gasteiger partial charge in [0.15, 0.2) is 11.5 Å². The molecule has 3 nitrogen and oxygen atoms in total. The maximum atomic E-state index is 9.45. The normalized spacial score (nSPS) is 12.3. The molecule has 0 aliphatic rings. The molecular weight excluding hydrogens is 238 g/mol. The lowest BCUT2D eigenvalue weighted by molar-refractivity contribution is 0.402. The van der Waals surface area contributed by atoms with E-state index in [4.69, 9.17) is 0 Å². The lowest BCUT2D eigenvalue weighted by atomic mass is 10.0. The van der Waals surface area contributed by atoms with Gasteiger partial charge in [-0.3, -0.25) is 0 Å². The summed E-state index contributed by atoms with van der Waals surface area (Å²) in [6.07, 6.45) is 0. The van der Waals surface area contributed by atoms with Crippen LogP contribution in [0.15, 0.2) is 42.5 Å². The van der Waals surface area contributed by atoms with Crippen LogP contribution in [0.1, 0.15) is 29.7 Å². The van der Waals surface area contributed by atoms with Crippen molar-refractivity contribution in [1.82, 2.24) is 5.32 Å². The predicted molar refractivity (Wildman–Crippen MR) is 76.2 cm³/mol. The van der Waals surface area contributed by atoms with Crippen LogP contribution in [0.2, 0.25) is 0 Å². The Kier molecular flexibility index (Phi) is 4.07. The molecule has 0 saturated heterocycles. The lowest BCUT2D eigenvalue weighted by Gasteiger charge is -2.16. The van der Waals surface area contributed by atoms with Crippen molar-refractivity contribution in [3.05, 3.63) is 59.2 Å². The van der Waals surface area contributed by atoms with Gasteiger partial charge < -0.3 is 15.5 Å². The Morgan fingerprint density at radius 1 is 1.05 bits per heavy atom. The Bertz CT molecular complexity index is 566. The van der Waals surface area contributed by atoms with Crippen molar-refractivity contribution < 1.29 is 10.2 Å². The first-order chi connectivity index (χ1) is 9.08. The molecule has 0 aliphatic carbocycles. The third-order valence-electron chi connectivity index (χ3n) is 3.31. The van der Waals surface area contributed by atoms with Crippen molar-refractivity contribution >= 4 is 0 Å². The van der Waals surface area contributed by atoms with Gasteiger partial charge in [0.05, 0.1) is 0 Å². The fourth-order valence-corrected chi connectivity index (χ4v) is 2.13. The second kappa shape index (κ2) is 5.76. The van der Waals surface area contributed by atoms with E-state index in [1.807, 2.05) is 12.1 Å². The fourth-order valence-electron chi connectivity index (χ4n) is 2.13. The number of benzene rings is 2. The molecule has 1 atom stereocenters. The number of nitrogens with one attached hydrogen (secondary N) is 1. The summed E-state index contributed by atoms with van der Waals surface area (Å²) in [6, 6.07) is 13.4. The molecule has 2 rings (SSSR count). The molecule has 0 unspecified atom stereocenters. The minimum atomic E-state index is -0.0873. The summed E-state index contributed by atoms with van der Waals surface area (Å²) in [5.41, 5.74) is 3.47. The van der Waals surface area contributed by atoms with Gasteiger partial charge >= 0.3 is 0 Å². The molecule has 0 bridgehead atoms. The van der Waals surface area contributed by atoms with Gasteiger partial charge in [-0.2, -0.15) is 0 Å².